The van der Waals surface area contributed by atoms with Gasteiger partial charge in [-0.25, -0.2) is 4.98 Å². The quantitative estimate of drug-likeness (QED) is 0.233. The lowest BCUT2D eigenvalue weighted by molar-refractivity contribution is -0.165. The summed E-state index contributed by atoms with van der Waals surface area (Å²) in [6.07, 6.45) is 7.27. The van der Waals surface area contributed by atoms with Crippen molar-refractivity contribution in [3.8, 4) is 0 Å². The minimum atomic E-state index is -0.880. The van der Waals surface area contributed by atoms with Crippen LogP contribution in [0.2, 0.25) is 0 Å². The minimum Gasteiger partial charge on any atom is -0.342 e. The molecule has 6 unspecified atom stereocenters. The third-order valence-electron chi connectivity index (χ3n) is 7.96. The summed E-state index contributed by atoms with van der Waals surface area (Å²) in [6, 6.07) is -2.24. The summed E-state index contributed by atoms with van der Waals surface area (Å²) in [4.78, 5) is 67.7. The van der Waals surface area contributed by atoms with E-state index in [1.54, 1.807) is 4.90 Å². The lowest BCUT2D eigenvalue weighted by Gasteiger charge is -2.38. The number of amides is 3. The van der Waals surface area contributed by atoms with Crippen molar-refractivity contribution in [1.82, 2.24) is 31.0 Å². The molecule has 7 atom stereocenters. The van der Waals surface area contributed by atoms with Gasteiger partial charge in [-0.3, -0.25) is 24.2 Å². The summed E-state index contributed by atoms with van der Waals surface area (Å²) in [5, 5.41) is 5.75. The van der Waals surface area contributed by atoms with Crippen LogP contribution in [0.5, 0.6) is 0 Å². The van der Waals surface area contributed by atoms with E-state index in [0.717, 1.165) is 19.1 Å². The molecule has 11 heteroatoms. The molecular formula is C29H48N6O5. The standard InChI is InChI=1S/C29H48N6O5/c1-9-18(4)21-12-15-35(28(21)40-34-20(11-3)17-36)27(39)24(29(6,7)8)33-26(38)23(19(5)10-2)32-25(37)22-16-30-13-14-31-22/h13-14,16-21,23-24,28,34H,9-12,15H2,1-8H3,(H,32,37)(H,33,38)/t18-,19?,20?,21?,23?,24?,28?/m0/s1. The second kappa shape index (κ2) is 15.2. The van der Waals surface area contributed by atoms with Crippen LogP contribution in [0.3, 0.4) is 0 Å². The van der Waals surface area contributed by atoms with E-state index in [2.05, 4.69) is 39.9 Å². The summed E-state index contributed by atoms with van der Waals surface area (Å²) in [7, 11) is 0. The van der Waals surface area contributed by atoms with Gasteiger partial charge in [-0.15, -0.1) is 0 Å². The van der Waals surface area contributed by atoms with Crippen LogP contribution >= 0.6 is 0 Å². The molecule has 1 saturated heterocycles. The molecule has 0 saturated carbocycles. The number of aldehydes is 1. The number of carbonyl (C=O) groups is 4. The van der Waals surface area contributed by atoms with Gasteiger partial charge in [0.15, 0.2) is 6.23 Å². The molecule has 0 aliphatic carbocycles. The highest BCUT2D eigenvalue weighted by molar-refractivity contribution is 5.97. The first-order valence-corrected chi connectivity index (χ1v) is 14.4. The van der Waals surface area contributed by atoms with Crippen molar-refractivity contribution in [1.29, 1.82) is 0 Å². The Morgan fingerprint density at radius 2 is 1.80 bits per heavy atom. The summed E-state index contributed by atoms with van der Waals surface area (Å²) in [5.41, 5.74) is 2.31. The number of hydrogen-bond donors (Lipinski definition) is 3. The Bertz CT molecular complexity index is 985. The molecule has 1 aromatic rings. The maximum Gasteiger partial charge on any atom is 0.272 e. The average Bonchev–Trinajstić information content (AvgIpc) is 3.37. The Balaban J connectivity index is 2.31. The van der Waals surface area contributed by atoms with Gasteiger partial charge in [0.05, 0.1) is 12.2 Å². The first-order valence-electron chi connectivity index (χ1n) is 14.4. The molecule has 3 amide bonds. The van der Waals surface area contributed by atoms with Gasteiger partial charge in [0, 0.05) is 24.9 Å². The van der Waals surface area contributed by atoms with Crippen molar-refractivity contribution in [3.63, 3.8) is 0 Å². The maximum atomic E-state index is 14.1. The Kier molecular flexibility index (Phi) is 12.6. The van der Waals surface area contributed by atoms with E-state index >= 15 is 0 Å². The van der Waals surface area contributed by atoms with Crippen LogP contribution in [-0.4, -0.2) is 69.8 Å². The van der Waals surface area contributed by atoms with Gasteiger partial charge in [-0.2, -0.15) is 5.48 Å². The van der Waals surface area contributed by atoms with Crippen LogP contribution < -0.4 is 16.1 Å². The Hall–Kier alpha value is -2.92. The highest BCUT2D eigenvalue weighted by Crippen LogP contribution is 2.34. The number of nitrogens with zero attached hydrogens (tertiary/aromatic N) is 3. The molecule has 0 radical (unpaired) electrons. The topological polar surface area (TPSA) is 143 Å². The second-order valence-corrected chi connectivity index (χ2v) is 11.9. The zero-order chi connectivity index (χ0) is 30.0. The molecule has 11 nitrogen and oxygen atoms in total. The monoisotopic (exact) mass is 560 g/mol. The molecular weight excluding hydrogens is 512 g/mol. The maximum absolute atomic E-state index is 14.1. The fourth-order valence-electron chi connectivity index (χ4n) is 4.79. The van der Waals surface area contributed by atoms with Gasteiger partial charge in [0.2, 0.25) is 11.8 Å². The Morgan fingerprint density at radius 3 is 2.33 bits per heavy atom. The lowest BCUT2D eigenvalue weighted by Crippen LogP contribution is -2.61. The van der Waals surface area contributed by atoms with E-state index in [-0.39, 0.29) is 29.4 Å². The zero-order valence-corrected chi connectivity index (χ0v) is 25.3. The number of aromatic nitrogens is 2. The first-order chi connectivity index (χ1) is 18.9. The van der Waals surface area contributed by atoms with Crippen molar-refractivity contribution < 1.29 is 24.0 Å². The molecule has 1 aliphatic heterocycles. The number of likely N-dealkylation sites (tertiary alicyclic amines) is 1. The molecule has 0 aromatic carbocycles. The summed E-state index contributed by atoms with van der Waals surface area (Å²) < 4.78 is 0. The molecule has 1 fully saturated rings. The van der Waals surface area contributed by atoms with E-state index in [0.29, 0.717) is 19.4 Å². The van der Waals surface area contributed by atoms with E-state index < -0.39 is 41.6 Å². The lowest BCUT2D eigenvalue weighted by atomic mass is 9.85. The first kappa shape index (κ1) is 33.3. The van der Waals surface area contributed by atoms with Crippen molar-refractivity contribution >= 4 is 24.0 Å². The Labute approximate surface area is 238 Å². The van der Waals surface area contributed by atoms with Crippen LogP contribution in [-0.2, 0) is 19.2 Å². The molecule has 0 spiro atoms. The molecule has 3 N–H and O–H groups in total. The van der Waals surface area contributed by atoms with Gasteiger partial charge < -0.3 is 20.3 Å². The summed E-state index contributed by atoms with van der Waals surface area (Å²) >= 11 is 0. The average molecular weight is 561 g/mol. The highest BCUT2D eigenvalue weighted by Gasteiger charge is 2.46. The van der Waals surface area contributed by atoms with Crippen molar-refractivity contribution in [3.05, 3.63) is 24.3 Å². The smallest absolute Gasteiger partial charge is 0.272 e. The largest absolute Gasteiger partial charge is 0.342 e. The van der Waals surface area contributed by atoms with Crippen LogP contribution in [0.25, 0.3) is 0 Å². The third-order valence-corrected chi connectivity index (χ3v) is 7.96. The van der Waals surface area contributed by atoms with Crippen LogP contribution in [0.15, 0.2) is 18.6 Å². The molecule has 2 heterocycles. The Morgan fingerprint density at radius 1 is 1.10 bits per heavy atom. The summed E-state index contributed by atoms with van der Waals surface area (Å²) in [6.45, 7) is 16.1. The molecule has 1 aliphatic rings. The predicted octanol–water partition coefficient (Wildman–Crippen LogP) is 2.87. The number of hydroxylamine groups is 1. The van der Waals surface area contributed by atoms with Crippen molar-refractivity contribution in [2.75, 3.05) is 6.54 Å². The molecule has 40 heavy (non-hydrogen) atoms. The zero-order valence-electron chi connectivity index (χ0n) is 25.3. The molecule has 1 aromatic heterocycles. The number of carbonyl (C=O) groups excluding carboxylic acids is 4. The molecule has 224 valence electrons. The van der Waals surface area contributed by atoms with Crippen molar-refractivity contribution in [2.45, 2.75) is 105 Å². The number of rotatable bonds is 14. The van der Waals surface area contributed by atoms with Gasteiger partial charge in [0.25, 0.3) is 5.91 Å². The fraction of sp³-hybridized carbons (Fsp3) is 0.724. The molecule has 2 rings (SSSR count). The van der Waals surface area contributed by atoms with Crippen molar-refractivity contribution in [2.24, 2.45) is 23.2 Å². The predicted molar refractivity (Wildman–Crippen MR) is 152 cm³/mol. The van der Waals surface area contributed by atoms with Crippen LogP contribution in [0, 0.1) is 23.2 Å². The minimum absolute atomic E-state index is 0.0704. The highest BCUT2D eigenvalue weighted by atomic mass is 16.7. The third kappa shape index (κ3) is 8.54. The van der Waals surface area contributed by atoms with Crippen LogP contribution in [0.1, 0.15) is 91.6 Å². The van der Waals surface area contributed by atoms with Gasteiger partial charge in [-0.1, -0.05) is 68.2 Å². The normalized spacial score (nSPS) is 21.1. The van der Waals surface area contributed by atoms with E-state index in [4.69, 9.17) is 4.84 Å². The van der Waals surface area contributed by atoms with Gasteiger partial charge in [0.1, 0.15) is 24.1 Å². The van der Waals surface area contributed by atoms with E-state index in [9.17, 15) is 19.2 Å². The van der Waals surface area contributed by atoms with Crippen LogP contribution in [0.4, 0.5) is 0 Å². The number of nitrogens with one attached hydrogen (secondary N) is 3. The van der Waals surface area contributed by atoms with Gasteiger partial charge >= 0.3 is 0 Å². The summed E-state index contributed by atoms with van der Waals surface area (Å²) in [5.74, 6) is -1.06. The fourth-order valence-corrected chi connectivity index (χ4v) is 4.79. The second-order valence-electron chi connectivity index (χ2n) is 11.9. The molecule has 0 bridgehead atoms. The van der Waals surface area contributed by atoms with E-state index in [1.165, 1.54) is 18.6 Å². The van der Waals surface area contributed by atoms with Gasteiger partial charge in [-0.05, 0) is 30.1 Å². The van der Waals surface area contributed by atoms with E-state index in [1.807, 2.05) is 41.5 Å². The number of hydrogen-bond acceptors (Lipinski definition) is 8. The SMILES string of the molecule is CCC(C=O)NOC1C([C@@H](C)CC)CCN1C(=O)C(NC(=O)C(NC(=O)c1cnccn1)C(C)CC)C(C)(C)C.